The number of fused-ring (bicyclic) bond motifs is 2. The average Bonchev–Trinajstić information content (AvgIpc) is 3.13. The molecule has 0 unspecified atom stereocenters. The highest BCUT2D eigenvalue weighted by molar-refractivity contribution is 7.91. The van der Waals surface area contributed by atoms with Crippen molar-refractivity contribution in [3.05, 3.63) is 24.4 Å². The molecule has 13 heteroatoms. The minimum Gasteiger partial charge on any atom is -0.423 e. The minimum absolute atomic E-state index is 0.0118. The first-order chi connectivity index (χ1) is 13.5. The van der Waals surface area contributed by atoms with E-state index in [1.807, 2.05) is 0 Å². The molecule has 0 saturated carbocycles. The van der Waals surface area contributed by atoms with Gasteiger partial charge in [-0.1, -0.05) is 6.92 Å². The summed E-state index contributed by atoms with van der Waals surface area (Å²) in [5.74, 6) is -0.478. The van der Waals surface area contributed by atoms with E-state index in [1.54, 1.807) is 7.05 Å². The lowest BCUT2D eigenvalue weighted by Gasteiger charge is -2.11. The van der Waals surface area contributed by atoms with Crippen molar-refractivity contribution in [2.45, 2.75) is 18.1 Å². The molecule has 29 heavy (non-hydrogen) atoms. The van der Waals surface area contributed by atoms with E-state index in [9.17, 15) is 27.2 Å². The number of aryl methyl sites for hydroxylation is 1. The second-order valence-electron chi connectivity index (χ2n) is 6.34. The lowest BCUT2D eigenvalue weighted by molar-refractivity contribution is -0.286. The predicted octanol–water partition coefficient (Wildman–Crippen LogP) is 0.430. The van der Waals surface area contributed by atoms with Gasteiger partial charge in [0.15, 0.2) is 27.2 Å². The summed E-state index contributed by atoms with van der Waals surface area (Å²) in [6.07, 6.45) is -2.64. The van der Waals surface area contributed by atoms with Crippen LogP contribution in [0, 0.1) is 0 Å². The van der Waals surface area contributed by atoms with Crippen molar-refractivity contribution < 1.29 is 36.7 Å². The summed E-state index contributed by atoms with van der Waals surface area (Å²) in [7, 11) is -4.14. The Morgan fingerprint density at radius 2 is 1.86 bits per heavy atom. The molecule has 0 fully saturated rings. The molecule has 3 aromatic rings. The number of aromatic nitrogens is 3. The molecule has 1 aliphatic rings. The smallest absolute Gasteiger partial charge is 0.423 e. The van der Waals surface area contributed by atoms with Gasteiger partial charge >= 0.3 is 13.4 Å². The van der Waals surface area contributed by atoms with Crippen LogP contribution in [0.4, 0.5) is 8.78 Å². The fraction of sp³-hybridized carbons (Fsp3) is 0.250. The third kappa shape index (κ3) is 3.20. The quantitative estimate of drug-likeness (QED) is 0.577. The second-order valence-corrected chi connectivity index (χ2v) is 8.59. The highest BCUT2D eigenvalue weighted by Crippen LogP contribution is 2.43. The highest BCUT2D eigenvalue weighted by atomic mass is 32.2. The Morgan fingerprint density at radius 3 is 2.48 bits per heavy atom. The Balaban J connectivity index is 1.93. The van der Waals surface area contributed by atoms with Crippen molar-refractivity contribution >= 4 is 33.5 Å². The first-order valence-corrected chi connectivity index (χ1v) is 10.0. The zero-order valence-electron chi connectivity index (χ0n) is 15.1. The van der Waals surface area contributed by atoms with Gasteiger partial charge in [0.05, 0.1) is 21.7 Å². The summed E-state index contributed by atoms with van der Waals surface area (Å²) < 4.78 is 62.0. The van der Waals surface area contributed by atoms with Crippen LogP contribution in [0.5, 0.6) is 11.5 Å². The Bertz CT molecular complexity index is 1250. The molecule has 0 radical (unpaired) electrons. The Labute approximate surface area is 163 Å². The second kappa shape index (κ2) is 6.37. The summed E-state index contributed by atoms with van der Waals surface area (Å²) in [6, 6.07) is 3.69. The summed E-state index contributed by atoms with van der Waals surface area (Å²) in [5, 5.41) is 18.7. The van der Waals surface area contributed by atoms with Gasteiger partial charge in [0.25, 0.3) is 0 Å². The lowest BCUT2D eigenvalue weighted by atomic mass is 9.81. The van der Waals surface area contributed by atoms with Crippen LogP contribution >= 0.6 is 0 Å². The maximum absolute atomic E-state index is 13.3. The molecule has 1 aliphatic heterocycles. The third-order valence-electron chi connectivity index (χ3n) is 4.50. The molecule has 0 atom stereocenters. The van der Waals surface area contributed by atoms with Gasteiger partial charge in [-0.05, 0) is 6.07 Å². The van der Waals surface area contributed by atoms with Crippen LogP contribution in [0.15, 0.2) is 29.3 Å². The van der Waals surface area contributed by atoms with Crippen molar-refractivity contribution in [3.8, 4) is 23.0 Å². The van der Waals surface area contributed by atoms with Crippen LogP contribution in [0.1, 0.15) is 6.92 Å². The summed E-state index contributed by atoms with van der Waals surface area (Å²) in [6.45, 7) is 1.44. The highest BCUT2D eigenvalue weighted by Gasteiger charge is 2.44. The van der Waals surface area contributed by atoms with E-state index in [2.05, 4.69) is 19.4 Å². The Kier molecular flexibility index (Phi) is 4.29. The number of rotatable bonds is 4. The molecule has 0 bridgehead atoms. The maximum Gasteiger partial charge on any atom is 0.586 e. The normalized spacial score (nSPS) is 15.1. The number of nitrogens with zero attached hydrogens (tertiary/aromatic N) is 3. The van der Waals surface area contributed by atoms with Gasteiger partial charge in [-0.3, -0.25) is 4.98 Å². The van der Waals surface area contributed by atoms with Crippen LogP contribution < -0.4 is 14.9 Å². The number of alkyl halides is 2. The molecule has 0 aliphatic carbocycles. The van der Waals surface area contributed by atoms with Crippen molar-refractivity contribution in [2.75, 3.05) is 5.75 Å². The van der Waals surface area contributed by atoms with E-state index in [1.165, 1.54) is 23.6 Å². The van der Waals surface area contributed by atoms with Crippen LogP contribution in [0.25, 0.3) is 22.6 Å². The number of benzene rings is 1. The van der Waals surface area contributed by atoms with Gasteiger partial charge in [0.2, 0.25) is 0 Å². The minimum atomic E-state index is -3.80. The van der Waals surface area contributed by atoms with Crippen molar-refractivity contribution in [1.82, 2.24) is 14.5 Å². The number of imidazole rings is 1. The van der Waals surface area contributed by atoms with E-state index < -0.39 is 23.3 Å². The van der Waals surface area contributed by atoms with E-state index in [0.29, 0.717) is 5.52 Å². The molecular weight excluding hydrogens is 411 g/mol. The summed E-state index contributed by atoms with van der Waals surface area (Å²) in [5.41, 5.74) is 0.535. The van der Waals surface area contributed by atoms with Gasteiger partial charge in [0.1, 0.15) is 5.69 Å². The number of ether oxygens (including phenoxy) is 2. The largest absolute Gasteiger partial charge is 0.586 e. The molecule has 2 aromatic heterocycles. The van der Waals surface area contributed by atoms with Gasteiger partial charge in [-0.15, -0.1) is 8.78 Å². The summed E-state index contributed by atoms with van der Waals surface area (Å²) in [4.78, 5) is 8.17. The van der Waals surface area contributed by atoms with Crippen LogP contribution in [0.2, 0.25) is 0 Å². The number of halogens is 2. The number of sulfone groups is 1. The maximum atomic E-state index is 13.3. The van der Waals surface area contributed by atoms with Crippen LogP contribution in [0.3, 0.4) is 0 Å². The Morgan fingerprint density at radius 1 is 1.21 bits per heavy atom. The molecule has 2 N–H and O–H groups in total. The molecule has 0 amide bonds. The third-order valence-corrected chi connectivity index (χ3v) is 6.24. The zero-order chi connectivity index (χ0) is 21.1. The van der Waals surface area contributed by atoms with Crippen molar-refractivity contribution in [3.63, 3.8) is 0 Å². The number of hydrogen-bond acceptors (Lipinski definition) is 8. The monoisotopic (exact) mass is 425 g/mol. The van der Waals surface area contributed by atoms with E-state index >= 15 is 0 Å². The molecule has 152 valence electrons. The topological polar surface area (TPSA) is 124 Å². The molecule has 1 aromatic carbocycles. The van der Waals surface area contributed by atoms with Crippen LogP contribution in [-0.4, -0.2) is 52.2 Å². The van der Waals surface area contributed by atoms with Crippen LogP contribution in [-0.2, 0) is 16.9 Å². The van der Waals surface area contributed by atoms with Crippen molar-refractivity contribution in [2.24, 2.45) is 7.05 Å². The van der Waals surface area contributed by atoms with Gasteiger partial charge in [-0.2, -0.15) is 0 Å². The molecule has 3 heterocycles. The van der Waals surface area contributed by atoms with E-state index in [0.717, 1.165) is 12.3 Å². The molecule has 0 saturated heterocycles. The predicted molar refractivity (Wildman–Crippen MR) is 97.7 cm³/mol. The molecular formula is C16H14BF2N3O6S. The van der Waals surface area contributed by atoms with E-state index in [4.69, 9.17) is 0 Å². The first-order valence-electron chi connectivity index (χ1n) is 8.38. The Hall–Kier alpha value is -2.77. The summed E-state index contributed by atoms with van der Waals surface area (Å²) >= 11 is 0. The van der Waals surface area contributed by atoms with E-state index in [-0.39, 0.29) is 44.6 Å². The fourth-order valence-corrected chi connectivity index (χ4v) is 4.07. The van der Waals surface area contributed by atoms with Gasteiger partial charge in [0, 0.05) is 30.8 Å². The van der Waals surface area contributed by atoms with Gasteiger partial charge < -0.3 is 24.1 Å². The molecule has 0 spiro atoms. The fourth-order valence-electron chi connectivity index (χ4n) is 3.01. The molecule has 4 rings (SSSR count). The van der Waals surface area contributed by atoms with Gasteiger partial charge in [-0.25, -0.2) is 13.4 Å². The number of hydrogen-bond donors (Lipinski definition) is 2. The average molecular weight is 425 g/mol. The standard InChI is InChI=1S/C16H14BF2N3O6S/c1-3-29(25,26)13-4-8(17(23)24)7-20-14(13)15-21-9-5-11-12(6-10(9)22(15)2)28-16(18,19)27-11/h4-7,23-24H,3H2,1-2H3. The number of pyridine rings is 1. The molecule has 9 nitrogen and oxygen atoms in total. The first kappa shape index (κ1) is 19.5. The lowest BCUT2D eigenvalue weighted by Crippen LogP contribution is -2.31. The SMILES string of the molecule is CCS(=O)(=O)c1cc(B(O)O)cnc1-c1nc2cc3c(cc2n1C)OC(F)(F)O3. The van der Waals surface area contributed by atoms with Crippen molar-refractivity contribution in [1.29, 1.82) is 0 Å². The zero-order valence-corrected chi connectivity index (χ0v) is 15.9.